The topological polar surface area (TPSA) is 103 Å². The number of fused-ring (bicyclic) bond motifs is 1. The highest BCUT2D eigenvalue weighted by atomic mass is 19.4. The van der Waals surface area contributed by atoms with Crippen LogP contribution in [-0.4, -0.2) is 39.9 Å². The first-order chi connectivity index (χ1) is 20.7. The smallest absolute Gasteiger partial charge is 0.418 e. The van der Waals surface area contributed by atoms with Gasteiger partial charge in [-0.3, -0.25) is 4.79 Å². The van der Waals surface area contributed by atoms with E-state index in [0.717, 1.165) is 47.8 Å². The Hall–Kier alpha value is -4.51. The number of hydrogen-bond donors (Lipinski definition) is 1. The molecule has 1 saturated heterocycles. The van der Waals surface area contributed by atoms with Crippen molar-refractivity contribution in [1.29, 1.82) is 0 Å². The average molecular weight is 593 g/mol. The maximum Gasteiger partial charge on any atom is 0.418 e. The molecule has 0 amide bonds. The van der Waals surface area contributed by atoms with Crippen molar-refractivity contribution in [2.24, 2.45) is 5.73 Å². The molecule has 0 atom stereocenters. The monoisotopic (exact) mass is 592 g/mol. The quantitative estimate of drug-likeness (QED) is 0.241. The van der Waals surface area contributed by atoms with Crippen LogP contribution in [0, 0.1) is 13.8 Å². The van der Waals surface area contributed by atoms with E-state index in [2.05, 4.69) is 20.8 Å². The highest BCUT2D eigenvalue weighted by Gasteiger charge is 2.35. The van der Waals surface area contributed by atoms with Crippen LogP contribution in [0.3, 0.4) is 0 Å². The minimum atomic E-state index is -4.70. The lowest BCUT2D eigenvalue weighted by molar-refractivity contribution is -0.137. The largest absolute Gasteiger partial charge is 0.444 e. The number of pyridine rings is 1. The van der Waals surface area contributed by atoms with Crippen LogP contribution >= 0.6 is 0 Å². The van der Waals surface area contributed by atoms with E-state index in [-0.39, 0.29) is 11.2 Å². The van der Waals surface area contributed by atoms with E-state index in [9.17, 15) is 18.0 Å². The van der Waals surface area contributed by atoms with Crippen molar-refractivity contribution in [2.75, 3.05) is 25.0 Å². The molecule has 0 spiro atoms. The maximum absolute atomic E-state index is 14.3. The number of alkyl halides is 3. The number of aryl methyl sites for hydroxylation is 2. The number of benzene rings is 2. The zero-order valence-electron chi connectivity index (χ0n) is 24.9. The number of halogens is 3. The zero-order valence-corrected chi connectivity index (χ0v) is 24.9. The molecule has 5 aromatic rings. The van der Waals surface area contributed by atoms with Crippen molar-refractivity contribution >= 4 is 16.6 Å². The Kier molecular flexibility index (Phi) is 9.65. The number of oxazole rings is 1. The number of aromatic nitrogens is 4. The first kappa shape index (κ1) is 31.4. The Bertz CT molecular complexity index is 1760. The summed E-state index contributed by atoms with van der Waals surface area (Å²) in [7, 11) is 1.50. The van der Waals surface area contributed by atoms with Crippen molar-refractivity contribution in [1.82, 2.24) is 19.7 Å². The Balaban J connectivity index is 0.00000102. The predicted molar refractivity (Wildman–Crippen MR) is 163 cm³/mol. The van der Waals surface area contributed by atoms with Crippen molar-refractivity contribution in [3.63, 3.8) is 0 Å². The van der Waals surface area contributed by atoms with Crippen LogP contribution in [0.25, 0.3) is 39.2 Å². The van der Waals surface area contributed by atoms with Gasteiger partial charge >= 0.3 is 6.18 Å². The third-order valence-corrected chi connectivity index (χ3v) is 6.94. The number of anilines is 1. The van der Waals surface area contributed by atoms with Gasteiger partial charge in [0.2, 0.25) is 0 Å². The fraction of sp³-hybridized carbons (Fsp3) is 0.312. The summed E-state index contributed by atoms with van der Waals surface area (Å²) in [5.74, 6) is 0.532. The first-order valence-corrected chi connectivity index (χ1v) is 14.1. The Morgan fingerprint density at radius 1 is 0.930 bits per heavy atom. The lowest BCUT2D eigenvalue weighted by atomic mass is 10.0. The zero-order chi connectivity index (χ0) is 31.3. The van der Waals surface area contributed by atoms with E-state index in [4.69, 9.17) is 4.42 Å². The van der Waals surface area contributed by atoms with Crippen LogP contribution in [0.1, 0.15) is 43.5 Å². The number of nitrogens with zero attached hydrogens (tertiary/aromatic N) is 5. The van der Waals surface area contributed by atoms with Crippen molar-refractivity contribution in [2.45, 2.75) is 46.7 Å². The second-order valence-electron chi connectivity index (χ2n) is 9.76. The SMILES string of the molecule is CC.CN.Cc1cc(-c2cnco2)cc(-c2nn(-c3cc(N4CCCC4)ccc3C(F)(F)F)c(=O)c3nc(C)ccc23)c1. The second kappa shape index (κ2) is 13.2. The highest BCUT2D eigenvalue weighted by Crippen LogP contribution is 2.37. The van der Waals surface area contributed by atoms with Gasteiger partial charge in [0.25, 0.3) is 5.56 Å². The van der Waals surface area contributed by atoms with Gasteiger partial charge in [-0.15, -0.1) is 0 Å². The number of hydrogen-bond acceptors (Lipinski definition) is 7. The molecule has 43 heavy (non-hydrogen) atoms. The summed E-state index contributed by atoms with van der Waals surface area (Å²) in [5.41, 5.74) is 6.28. The molecule has 0 bridgehead atoms. The summed E-state index contributed by atoms with van der Waals surface area (Å²) in [4.78, 5) is 24.2. The van der Waals surface area contributed by atoms with Crippen molar-refractivity contribution in [3.8, 4) is 28.3 Å². The lowest BCUT2D eigenvalue weighted by Gasteiger charge is -2.22. The number of rotatable bonds is 4. The van der Waals surface area contributed by atoms with E-state index >= 15 is 0 Å². The van der Waals surface area contributed by atoms with Gasteiger partial charge in [-0.05, 0) is 87.8 Å². The van der Waals surface area contributed by atoms with Crippen LogP contribution in [0.5, 0.6) is 0 Å². The average Bonchev–Trinajstić information content (AvgIpc) is 3.74. The Morgan fingerprint density at radius 3 is 2.28 bits per heavy atom. The molecular weight excluding hydrogens is 557 g/mol. The molecule has 2 N–H and O–H groups in total. The first-order valence-electron chi connectivity index (χ1n) is 14.1. The van der Waals surface area contributed by atoms with Crippen LogP contribution in [0.2, 0.25) is 0 Å². The van der Waals surface area contributed by atoms with E-state index in [0.29, 0.717) is 33.8 Å². The molecule has 4 heterocycles. The summed E-state index contributed by atoms with van der Waals surface area (Å²) < 4.78 is 49.1. The normalized spacial score (nSPS) is 12.9. The van der Waals surface area contributed by atoms with Gasteiger partial charge in [0.15, 0.2) is 12.2 Å². The van der Waals surface area contributed by atoms with E-state index in [1.807, 2.05) is 43.9 Å². The van der Waals surface area contributed by atoms with Gasteiger partial charge in [-0.1, -0.05) is 13.8 Å². The molecule has 6 rings (SSSR count). The molecule has 1 aliphatic heterocycles. The molecule has 3 aromatic heterocycles. The van der Waals surface area contributed by atoms with Gasteiger partial charge in [0.05, 0.1) is 17.4 Å². The molecule has 8 nitrogen and oxygen atoms in total. The van der Waals surface area contributed by atoms with Crippen LogP contribution in [0.4, 0.5) is 18.9 Å². The summed E-state index contributed by atoms with van der Waals surface area (Å²) >= 11 is 0. The molecule has 0 aliphatic carbocycles. The minimum absolute atomic E-state index is 0.0439. The summed E-state index contributed by atoms with van der Waals surface area (Å²) in [5, 5.41) is 5.02. The fourth-order valence-corrected chi connectivity index (χ4v) is 5.11. The van der Waals surface area contributed by atoms with Gasteiger partial charge in [0.1, 0.15) is 11.2 Å². The molecule has 226 valence electrons. The maximum atomic E-state index is 14.3. The molecule has 11 heteroatoms. The molecule has 0 unspecified atom stereocenters. The van der Waals surface area contributed by atoms with E-state index < -0.39 is 17.3 Å². The highest BCUT2D eigenvalue weighted by molar-refractivity contribution is 5.92. The summed E-state index contributed by atoms with van der Waals surface area (Å²) in [6.07, 6.45) is 0.120. The van der Waals surface area contributed by atoms with Gasteiger partial charge in [-0.25, -0.2) is 9.97 Å². The standard InChI is InChI=1S/C29H24F3N5O2.C2H6.CH5N/c1-17-11-19(25-15-33-16-39-25)13-20(12-17)26-22-7-5-18(2)34-27(22)28(38)37(35-26)24-14-21(36-9-3-4-10-36)6-8-23(24)29(30,31)32;2*1-2/h5-8,11-16H,3-4,9-10H2,1-2H3;1-2H3;2H2,1H3. The molecular formula is C32H35F3N6O2. The molecule has 1 aliphatic rings. The Morgan fingerprint density at radius 2 is 1.63 bits per heavy atom. The van der Waals surface area contributed by atoms with Gasteiger partial charge in [-0.2, -0.15) is 23.0 Å². The van der Waals surface area contributed by atoms with Crippen LogP contribution in [0.15, 0.2) is 70.3 Å². The third-order valence-electron chi connectivity index (χ3n) is 6.94. The predicted octanol–water partition coefficient (Wildman–Crippen LogP) is 6.94. The molecule has 2 aromatic carbocycles. The van der Waals surface area contributed by atoms with E-state index in [1.165, 1.54) is 25.6 Å². The summed E-state index contributed by atoms with van der Waals surface area (Å²) in [6.45, 7) is 9.10. The fourth-order valence-electron chi connectivity index (χ4n) is 5.11. The third kappa shape index (κ3) is 6.46. The Labute approximate surface area is 248 Å². The molecule has 0 radical (unpaired) electrons. The van der Waals surface area contributed by atoms with Gasteiger partial charge in [0, 0.05) is 41.0 Å². The van der Waals surface area contributed by atoms with Crippen LogP contribution < -0.4 is 16.2 Å². The summed E-state index contributed by atoms with van der Waals surface area (Å²) in [6, 6.07) is 13.0. The second-order valence-corrected chi connectivity index (χ2v) is 9.76. The van der Waals surface area contributed by atoms with Crippen LogP contribution in [-0.2, 0) is 6.18 Å². The van der Waals surface area contributed by atoms with Crippen molar-refractivity contribution in [3.05, 3.63) is 88.3 Å². The molecule has 0 saturated carbocycles. The minimum Gasteiger partial charge on any atom is -0.444 e. The van der Waals surface area contributed by atoms with Gasteiger partial charge < -0.3 is 15.1 Å². The van der Waals surface area contributed by atoms with E-state index in [1.54, 1.807) is 25.3 Å². The molecule has 1 fully saturated rings. The number of nitrogens with two attached hydrogens (primary N) is 1. The lowest BCUT2D eigenvalue weighted by Crippen LogP contribution is -2.27. The van der Waals surface area contributed by atoms with Crippen molar-refractivity contribution < 1.29 is 17.6 Å².